The second-order valence-corrected chi connectivity index (χ2v) is 3.89. The van der Waals surface area contributed by atoms with Gasteiger partial charge in [-0.05, 0) is 44.0 Å². The van der Waals surface area contributed by atoms with E-state index in [9.17, 15) is 4.39 Å². The highest BCUT2D eigenvalue weighted by Crippen LogP contribution is 2.12. The van der Waals surface area contributed by atoms with Gasteiger partial charge >= 0.3 is 0 Å². The van der Waals surface area contributed by atoms with Crippen molar-refractivity contribution in [2.24, 2.45) is 5.92 Å². The molecule has 0 bridgehead atoms. The molecule has 14 heavy (non-hydrogen) atoms. The van der Waals surface area contributed by atoms with E-state index in [4.69, 9.17) is 0 Å². The molecule has 1 rings (SSSR count). The van der Waals surface area contributed by atoms with E-state index in [2.05, 4.69) is 19.2 Å². The molecule has 0 saturated carbocycles. The predicted molar refractivity (Wildman–Crippen MR) is 57.8 cm³/mol. The molecule has 78 valence electrons. The Balaban J connectivity index is 2.56. The minimum atomic E-state index is -0.164. The number of rotatable bonds is 4. The van der Waals surface area contributed by atoms with Crippen molar-refractivity contribution < 1.29 is 4.39 Å². The summed E-state index contributed by atoms with van der Waals surface area (Å²) in [4.78, 5) is 0. The Kier molecular flexibility index (Phi) is 4.08. The molecule has 0 aliphatic heterocycles. The molecule has 0 radical (unpaired) electrons. The van der Waals surface area contributed by atoms with Crippen LogP contribution in [0.3, 0.4) is 0 Å². The van der Waals surface area contributed by atoms with Gasteiger partial charge in [-0.15, -0.1) is 0 Å². The second kappa shape index (κ2) is 5.11. The first kappa shape index (κ1) is 11.2. The van der Waals surface area contributed by atoms with Crippen LogP contribution in [0, 0.1) is 11.7 Å². The van der Waals surface area contributed by atoms with E-state index in [1.165, 1.54) is 17.7 Å². The summed E-state index contributed by atoms with van der Waals surface area (Å²) in [7, 11) is 1.96. The van der Waals surface area contributed by atoms with E-state index < -0.39 is 0 Å². The van der Waals surface area contributed by atoms with E-state index in [-0.39, 0.29) is 5.82 Å². The lowest BCUT2D eigenvalue weighted by Gasteiger charge is -2.19. The van der Waals surface area contributed by atoms with Crippen molar-refractivity contribution in [3.05, 3.63) is 35.6 Å². The lowest BCUT2D eigenvalue weighted by Crippen LogP contribution is -2.29. The maximum Gasteiger partial charge on any atom is 0.123 e. The van der Waals surface area contributed by atoms with Crippen LogP contribution in [0.15, 0.2) is 24.3 Å². The van der Waals surface area contributed by atoms with E-state index in [0.717, 1.165) is 6.42 Å². The van der Waals surface area contributed by atoms with Crippen molar-refractivity contribution in [2.45, 2.75) is 26.3 Å². The van der Waals surface area contributed by atoms with Crippen molar-refractivity contribution >= 4 is 0 Å². The largest absolute Gasteiger partial charge is 0.317 e. The van der Waals surface area contributed by atoms with Crippen LogP contribution < -0.4 is 5.32 Å². The third-order valence-electron chi connectivity index (χ3n) is 2.78. The zero-order valence-corrected chi connectivity index (χ0v) is 9.05. The van der Waals surface area contributed by atoms with Gasteiger partial charge in [0.15, 0.2) is 0 Å². The van der Waals surface area contributed by atoms with Gasteiger partial charge in [0.1, 0.15) is 5.82 Å². The molecule has 0 aliphatic carbocycles. The number of hydrogen-bond donors (Lipinski definition) is 1. The first-order valence-corrected chi connectivity index (χ1v) is 5.05. The fourth-order valence-electron chi connectivity index (χ4n) is 1.45. The summed E-state index contributed by atoms with van der Waals surface area (Å²) < 4.78 is 12.6. The molecule has 1 aromatic rings. The minimum Gasteiger partial charge on any atom is -0.317 e. The Morgan fingerprint density at radius 1 is 1.21 bits per heavy atom. The SMILES string of the molecule is CNC(C)C(C)Cc1ccc(F)cc1. The smallest absolute Gasteiger partial charge is 0.123 e. The molecule has 0 fully saturated rings. The first-order chi connectivity index (χ1) is 6.63. The number of halogens is 1. The lowest BCUT2D eigenvalue weighted by atomic mass is 9.95. The Morgan fingerprint density at radius 2 is 1.79 bits per heavy atom. The molecule has 0 spiro atoms. The van der Waals surface area contributed by atoms with Crippen molar-refractivity contribution in [1.82, 2.24) is 5.32 Å². The summed E-state index contributed by atoms with van der Waals surface area (Å²) in [6.07, 6.45) is 0.988. The van der Waals surface area contributed by atoms with Gasteiger partial charge in [-0.2, -0.15) is 0 Å². The van der Waals surface area contributed by atoms with Gasteiger partial charge in [-0.1, -0.05) is 19.1 Å². The molecule has 2 heteroatoms. The topological polar surface area (TPSA) is 12.0 Å². The first-order valence-electron chi connectivity index (χ1n) is 5.05. The van der Waals surface area contributed by atoms with Crippen LogP contribution >= 0.6 is 0 Å². The van der Waals surface area contributed by atoms with Crippen LogP contribution in [0.25, 0.3) is 0 Å². The molecule has 1 nitrogen and oxygen atoms in total. The van der Waals surface area contributed by atoms with E-state index in [0.29, 0.717) is 12.0 Å². The molecule has 1 aromatic carbocycles. The van der Waals surface area contributed by atoms with Gasteiger partial charge in [0.2, 0.25) is 0 Å². The van der Waals surface area contributed by atoms with Gasteiger partial charge in [0, 0.05) is 6.04 Å². The van der Waals surface area contributed by atoms with Crippen LogP contribution in [0.2, 0.25) is 0 Å². The number of nitrogens with one attached hydrogen (secondary N) is 1. The zero-order valence-electron chi connectivity index (χ0n) is 9.05. The van der Waals surface area contributed by atoms with E-state index in [1.807, 2.05) is 19.2 Å². The highest BCUT2D eigenvalue weighted by Gasteiger charge is 2.10. The maximum absolute atomic E-state index is 12.6. The Bertz CT molecular complexity index is 268. The molecular formula is C12H18FN. The van der Waals surface area contributed by atoms with E-state index >= 15 is 0 Å². The normalized spacial score (nSPS) is 15.1. The second-order valence-electron chi connectivity index (χ2n) is 3.89. The summed E-state index contributed by atoms with van der Waals surface area (Å²) in [5, 5.41) is 3.22. The molecule has 2 atom stereocenters. The van der Waals surface area contributed by atoms with Gasteiger partial charge in [-0.25, -0.2) is 4.39 Å². The van der Waals surface area contributed by atoms with Crippen molar-refractivity contribution in [3.8, 4) is 0 Å². The van der Waals surface area contributed by atoms with Crippen LogP contribution in [0.1, 0.15) is 19.4 Å². The van der Waals surface area contributed by atoms with E-state index in [1.54, 1.807) is 0 Å². The maximum atomic E-state index is 12.6. The zero-order chi connectivity index (χ0) is 10.6. The Labute approximate surface area is 85.3 Å². The molecule has 0 aromatic heterocycles. The quantitative estimate of drug-likeness (QED) is 0.778. The highest BCUT2D eigenvalue weighted by molar-refractivity contribution is 5.16. The van der Waals surface area contributed by atoms with Crippen molar-refractivity contribution in [1.29, 1.82) is 0 Å². The molecule has 1 N–H and O–H groups in total. The highest BCUT2D eigenvalue weighted by atomic mass is 19.1. The average molecular weight is 195 g/mol. The van der Waals surface area contributed by atoms with Crippen LogP contribution in [-0.4, -0.2) is 13.1 Å². The standard InChI is InChI=1S/C12H18FN/c1-9(10(2)14-3)8-11-4-6-12(13)7-5-11/h4-7,9-10,14H,8H2,1-3H3. The van der Waals surface area contributed by atoms with Gasteiger partial charge in [-0.3, -0.25) is 0 Å². The molecule has 0 heterocycles. The Morgan fingerprint density at radius 3 is 2.29 bits per heavy atom. The molecule has 0 saturated heterocycles. The van der Waals surface area contributed by atoms with Gasteiger partial charge < -0.3 is 5.32 Å². The molecule has 2 unspecified atom stereocenters. The fraction of sp³-hybridized carbons (Fsp3) is 0.500. The van der Waals surface area contributed by atoms with Crippen molar-refractivity contribution in [3.63, 3.8) is 0 Å². The summed E-state index contributed by atoms with van der Waals surface area (Å²) >= 11 is 0. The third-order valence-corrected chi connectivity index (χ3v) is 2.78. The minimum absolute atomic E-state index is 0.164. The lowest BCUT2D eigenvalue weighted by molar-refractivity contribution is 0.424. The van der Waals surface area contributed by atoms with Gasteiger partial charge in [0.05, 0.1) is 0 Å². The summed E-state index contributed by atoms with van der Waals surface area (Å²) in [5.74, 6) is 0.397. The molecular weight excluding hydrogens is 177 g/mol. The Hall–Kier alpha value is -0.890. The molecule has 0 aliphatic rings. The summed E-state index contributed by atoms with van der Waals surface area (Å²) in [6, 6.07) is 7.24. The molecule has 0 amide bonds. The average Bonchev–Trinajstić information content (AvgIpc) is 2.20. The summed E-state index contributed by atoms with van der Waals surface area (Å²) in [5.41, 5.74) is 1.20. The summed E-state index contributed by atoms with van der Waals surface area (Å²) in [6.45, 7) is 4.36. The van der Waals surface area contributed by atoms with Crippen molar-refractivity contribution in [2.75, 3.05) is 7.05 Å². The predicted octanol–water partition coefficient (Wildman–Crippen LogP) is 2.61. The third kappa shape index (κ3) is 3.11. The monoisotopic (exact) mass is 195 g/mol. The van der Waals surface area contributed by atoms with Gasteiger partial charge in [0.25, 0.3) is 0 Å². The number of benzene rings is 1. The number of hydrogen-bond acceptors (Lipinski definition) is 1. The van der Waals surface area contributed by atoms with Crippen LogP contribution in [0.5, 0.6) is 0 Å². The van der Waals surface area contributed by atoms with Crippen LogP contribution in [0.4, 0.5) is 4.39 Å². The fourth-order valence-corrected chi connectivity index (χ4v) is 1.45. The van der Waals surface area contributed by atoms with Crippen LogP contribution in [-0.2, 0) is 6.42 Å².